The van der Waals surface area contributed by atoms with Gasteiger partial charge >= 0.3 is 0 Å². The topological polar surface area (TPSA) is 27.0 Å². The Morgan fingerprint density at radius 2 is 2.25 bits per heavy atom. The number of halogens is 1. The van der Waals surface area contributed by atoms with Gasteiger partial charge in [0.25, 0.3) is 0 Å². The maximum absolute atomic E-state index is 9.13. The standard InChI is InChI=1S/C13H15BrN2/c1-13(2)10(9-15)6-7-16(13)12-5-3-4-11(14)8-12/h3-5,8,10H,6-7H2,1-2H3. The van der Waals surface area contributed by atoms with Gasteiger partial charge in [0.1, 0.15) is 0 Å². The van der Waals surface area contributed by atoms with E-state index in [1.54, 1.807) is 0 Å². The van der Waals surface area contributed by atoms with Crippen LogP contribution in [0, 0.1) is 17.2 Å². The van der Waals surface area contributed by atoms with E-state index in [9.17, 15) is 0 Å². The van der Waals surface area contributed by atoms with Crippen molar-refractivity contribution in [3.8, 4) is 6.07 Å². The molecule has 16 heavy (non-hydrogen) atoms. The van der Waals surface area contributed by atoms with Gasteiger partial charge < -0.3 is 4.90 Å². The lowest BCUT2D eigenvalue weighted by Crippen LogP contribution is -2.42. The third-order valence-electron chi connectivity index (χ3n) is 3.47. The molecular formula is C13H15BrN2. The number of hydrogen-bond acceptors (Lipinski definition) is 2. The predicted octanol–water partition coefficient (Wildman–Crippen LogP) is 3.58. The van der Waals surface area contributed by atoms with Gasteiger partial charge in [-0.05, 0) is 38.5 Å². The lowest BCUT2D eigenvalue weighted by molar-refractivity contribution is 0.439. The zero-order chi connectivity index (χ0) is 11.8. The van der Waals surface area contributed by atoms with Crippen LogP contribution in [0.4, 0.5) is 5.69 Å². The van der Waals surface area contributed by atoms with Crippen LogP contribution in [-0.4, -0.2) is 12.1 Å². The molecule has 2 rings (SSSR count). The fourth-order valence-electron chi connectivity index (χ4n) is 2.42. The third kappa shape index (κ3) is 1.82. The van der Waals surface area contributed by atoms with Crippen molar-refractivity contribution in [3.63, 3.8) is 0 Å². The van der Waals surface area contributed by atoms with Gasteiger partial charge in [0.2, 0.25) is 0 Å². The summed E-state index contributed by atoms with van der Waals surface area (Å²) < 4.78 is 1.08. The highest BCUT2D eigenvalue weighted by Crippen LogP contribution is 2.38. The van der Waals surface area contributed by atoms with Crippen molar-refractivity contribution < 1.29 is 0 Å². The van der Waals surface area contributed by atoms with Crippen LogP contribution in [-0.2, 0) is 0 Å². The summed E-state index contributed by atoms with van der Waals surface area (Å²) in [5.74, 6) is 0.117. The molecule has 3 heteroatoms. The summed E-state index contributed by atoms with van der Waals surface area (Å²) in [6.07, 6.45) is 0.954. The molecule has 1 aromatic carbocycles. The molecule has 0 radical (unpaired) electrons. The molecule has 1 unspecified atom stereocenters. The fraction of sp³-hybridized carbons (Fsp3) is 0.462. The van der Waals surface area contributed by atoms with E-state index < -0.39 is 0 Å². The van der Waals surface area contributed by atoms with Crippen molar-refractivity contribution in [2.75, 3.05) is 11.4 Å². The molecule has 2 nitrogen and oxygen atoms in total. The molecule has 1 atom stereocenters. The Morgan fingerprint density at radius 1 is 1.50 bits per heavy atom. The number of anilines is 1. The summed E-state index contributed by atoms with van der Waals surface area (Å²) >= 11 is 3.49. The van der Waals surface area contributed by atoms with Crippen LogP contribution in [0.3, 0.4) is 0 Å². The van der Waals surface area contributed by atoms with E-state index in [0.717, 1.165) is 17.4 Å². The van der Waals surface area contributed by atoms with Gasteiger partial charge in [-0.2, -0.15) is 5.26 Å². The summed E-state index contributed by atoms with van der Waals surface area (Å²) in [5.41, 5.74) is 1.12. The third-order valence-corrected chi connectivity index (χ3v) is 3.96. The van der Waals surface area contributed by atoms with Gasteiger partial charge in [-0.3, -0.25) is 0 Å². The van der Waals surface area contributed by atoms with E-state index in [1.807, 2.05) is 12.1 Å². The number of hydrogen-bond donors (Lipinski definition) is 0. The van der Waals surface area contributed by atoms with Crippen LogP contribution in [0.1, 0.15) is 20.3 Å². The Labute approximate surface area is 105 Å². The first-order valence-electron chi connectivity index (χ1n) is 5.48. The average Bonchev–Trinajstić information content (AvgIpc) is 2.53. The maximum atomic E-state index is 9.13. The predicted molar refractivity (Wildman–Crippen MR) is 69.3 cm³/mol. The molecule has 1 fully saturated rings. The van der Waals surface area contributed by atoms with Crippen LogP contribution in [0.25, 0.3) is 0 Å². The van der Waals surface area contributed by atoms with E-state index >= 15 is 0 Å². The summed E-state index contributed by atoms with van der Waals surface area (Å²) in [7, 11) is 0. The molecule has 0 spiro atoms. The normalized spacial score (nSPS) is 23.1. The summed E-state index contributed by atoms with van der Waals surface area (Å²) in [6, 6.07) is 10.7. The van der Waals surface area contributed by atoms with Gasteiger partial charge in [-0.1, -0.05) is 22.0 Å². The Balaban J connectivity index is 2.34. The number of benzene rings is 1. The van der Waals surface area contributed by atoms with Crippen molar-refractivity contribution in [1.29, 1.82) is 5.26 Å². The molecule has 0 N–H and O–H groups in total. The van der Waals surface area contributed by atoms with Gasteiger partial charge in [0.05, 0.1) is 17.5 Å². The van der Waals surface area contributed by atoms with E-state index in [2.05, 4.69) is 52.9 Å². The van der Waals surface area contributed by atoms with Gasteiger partial charge in [-0.15, -0.1) is 0 Å². The highest BCUT2D eigenvalue weighted by molar-refractivity contribution is 9.10. The lowest BCUT2D eigenvalue weighted by Gasteiger charge is -2.35. The molecule has 0 bridgehead atoms. The summed E-state index contributed by atoms with van der Waals surface area (Å²) in [5, 5.41) is 9.13. The highest BCUT2D eigenvalue weighted by atomic mass is 79.9. The van der Waals surface area contributed by atoms with Crippen molar-refractivity contribution in [2.45, 2.75) is 25.8 Å². The largest absolute Gasteiger partial charge is 0.365 e. The second-order valence-corrected chi connectivity index (χ2v) is 5.67. The first kappa shape index (κ1) is 11.5. The second-order valence-electron chi connectivity index (χ2n) is 4.76. The number of rotatable bonds is 1. The first-order valence-corrected chi connectivity index (χ1v) is 6.28. The molecule has 0 saturated carbocycles. The molecular weight excluding hydrogens is 264 g/mol. The van der Waals surface area contributed by atoms with Crippen molar-refractivity contribution in [3.05, 3.63) is 28.7 Å². The first-order chi connectivity index (χ1) is 7.55. The minimum atomic E-state index is -0.0739. The maximum Gasteiger partial charge on any atom is 0.0706 e. The van der Waals surface area contributed by atoms with E-state index in [1.165, 1.54) is 5.69 Å². The Morgan fingerprint density at radius 3 is 2.81 bits per heavy atom. The van der Waals surface area contributed by atoms with Crippen LogP contribution in [0.15, 0.2) is 28.7 Å². The zero-order valence-electron chi connectivity index (χ0n) is 9.57. The minimum absolute atomic E-state index is 0.0739. The average molecular weight is 279 g/mol. The van der Waals surface area contributed by atoms with Gasteiger partial charge in [-0.25, -0.2) is 0 Å². The monoisotopic (exact) mass is 278 g/mol. The van der Waals surface area contributed by atoms with Crippen LogP contribution >= 0.6 is 15.9 Å². The van der Waals surface area contributed by atoms with Crippen LogP contribution < -0.4 is 4.90 Å². The van der Waals surface area contributed by atoms with Crippen molar-refractivity contribution in [2.24, 2.45) is 5.92 Å². The van der Waals surface area contributed by atoms with E-state index in [-0.39, 0.29) is 11.5 Å². The molecule has 1 aliphatic rings. The van der Waals surface area contributed by atoms with Crippen LogP contribution in [0.5, 0.6) is 0 Å². The second kappa shape index (κ2) is 4.10. The van der Waals surface area contributed by atoms with E-state index in [0.29, 0.717) is 0 Å². The summed E-state index contributed by atoms with van der Waals surface area (Å²) in [4.78, 5) is 2.33. The Hall–Kier alpha value is -1.01. The molecule has 1 saturated heterocycles. The fourth-order valence-corrected chi connectivity index (χ4v) is 2.80. The minimum Gasteiger partial charge on any atom is -0.365 e. The highest BCUT2D eigenvalue weighted by Gasteiger charge is 2.41. The molecule has 0 aromatic heterocycles. The Kier molecular flexibility index (Phi) is 2.94. The number of nitriles is 1. The zero-order valence-corrected chi connectivity index (χ0v) is 11.2. The molecule has 1 aliphatic heterocycles. The lowest BCUT2D eigenvalue weighted by atomic mass is 9.89. The van der Waals surface area contributed by atoms with Crippen molar-refractivity contribution >= 4 is 21.6 Å². The molecule has 1 heterocycles. The SMILES string of the molecule is CC1(C)C(C#N)CCN1c1cccc(Br)c1. The smallest absolute Gasteiger partial charge is 0.0706 e. The molecule has 1 aromatic rings. The molecule has 0 amide bonds. The van der Waals surface area contributed by atoms with Crippen molar-refractivity contribution in [1.82, 2.24) is 0 Å². The van der Waals surface area contributed by atoms with E-state index in [4.69, 9.17) is 5.26 Å². The van der Waals surface area contributed by atoms with Gasteiger partial charge in [0, 0.05) is 16.7 Å². The quantitative estimate of drug-likeness (QED) is 0.785. The molecule has 0 aliphatic carbocycles. The Bertz CT molecular complexity index is 434. The van der Waals surface area contributed by atoms with Gasteiger partial charge in [0.15, 0.2) is 0 Å². The molecule has 84 valence electrons. The summed E-state index contributed by atoms with van der Waals surface area (Å²) in [6.45, 7) is 5.26. The number of nitrogens with zero attached hydrogens (tertiary/aromatic N) is 2. The van der Waals surface area contributed by atoms with Crippen LogP contribution in [0.2, 0.25) is 0 Å².